The number of aliphatic carboxylic acids is 1. The van der Waals surface area contributed by atoms with E-state index in [9.17, 15) is 19.8 Å². The summed E-state index contributed by atoms with van der Waals surface area (Å²) < 4.78 is 15.4. The molecule has 0 bridgehead atoms. The highest BCUT2D eigenvalue weighted by Gasteiger charge is 2.65. The summed E-state index contributed by atoms with van der Waals surface area (Å²) in [6.07, 6.45) is -0.809. The van der Waals surface area contributed by atoms with Crippen LogP contribution in [0.1, 0.15) is 19.8 Å². The molecule has 1 amide bonds. The summed E-state index contributed by atoms with van der Waals surface area (Å²) in [5, 5.41) is 19.0. The van der Waals surface area contributed by atoms with Gasteiger partial charge in [0.05, 0.1) is 19.8 Å². The Morgan fingerprint density at radius 1 is 1.30 bits per heavy atom. The highest BCUT2D eigenvalue weighted by Crippen LogP contribution is 2.32. The number of hydrogen-bond donors (Lipinski definition) is 2. The molecular formula is C11H19BNO7+. The highest BCUT2D eigenvalue weighted by atomic mass is 16.7. The van der Waals surface area contributed by atoms with Crippen LogP contribution in [-0.2, 0) is 18.8 Å². The zero-order valence-corrected chi connectivity index (χ0v) is 11.4. The topological polar surface area (TPSA) is 102 Å². The molecule has 2 fully saturated rings. The van der Waals surface area contributed by atoms with Gasteiger partial charge in [0, 0.05) is 0 Å². The molecule has 0 radical (unpaired) electrons. The Balaban J connectivity index is 2.33. The zero-order chi connectivity index (χ0) is 14.8. The number of hydrogen-bond acceptors (Lipinski definition) is 5. The van der Waals surface area contributed by atoms with Crippen molar-refractivity contribution in [2.45, 2.75) is 31.9 Å². The van der Waals surface area contributed by atoms with Gasteiger partial charge in [0.15, 0.2) is 0 Å². The summed E-state index contributed by atoms with van der Waals surface area (Å²) in [6.45, 7) is 2.66. The number of unbranched alkanes of at least 4 members (excludes halogenated alkanes) is 1. The van der Waals surface area contributed by atoms with Crippen molar-refractivity contribution in [1.82, 2.24) is 0 Å². The molecule has 20 heavy (non-hydrogen) atoms. The van der Waals surface area contributed by atoms with Gasteiger partial charge in [-0.2, -0.15) is 9.28 Å². The molecule has 3 atom stereocenters. The van der Waals surface area contributed by atoms with Gasteiger partial charge in [-0.05, 0) is 6.42 Å². The maximum absolute atomic E-state index is 11.8. The van der Waals surface area contributed by atoms with E-state index in [0.717, 1.165) is 6.42 Å². The number of carbonyl (C=O) groups is 2. The van der Waals surface area contributed by atoms with Crippen LogP contribution in [0.4, 0.5) is 4.79 Å². The number of nitrogens with zero attached hydrogens (tertiary/aromatic N) is 1. The molecule has 0 saturated carbocycles. The summed E-state index contributed by atoms with van der Waals surface area (Å²) >= 11 is 0. The van der Waals surface area contributed by atoms with Gasteiger partial charge >= 0.3 is 19.2 Å². The SMILES string of the molecule is CCCC[N+]1(C(=O)O)C(B2OCCO2)OCC1C(=O)O. The van der Waals surface area contributed by atoms with E-state index in [4.69, 9.17) is 14.0 Å². The zero-order valence-electron chi connectivity index (χ0n) is 11.4. The summed E-state index contributed by atoms with van der Waals surface area (Å²) in [7, 11) is -0.827. The van der Waals surface area contributed by atoms with Crippen molar-refractivity contribution in [3.63, 3.8) is 0 Å². The second-order valence-corrected chi connectivity index (χ2v) is 4.98. The number of carboxylic acids is 1. The predicted octanol–water partition coefficient (Wildman–Crippen LogP) is 0.165. The molecule has 0 aromatic rings. The number of rotatable bonds is 5. The average Bonchev–Trinajstić information content (AvgIpc) is 3.03. The van der Waals surface area contributed by atoms with Gasteiger partial charge in [0.25, 0.3) is 0 Å². The predicted molar refractivity (Wildman–Crippen MR) is 66.9 cm³/mol. The van der Waals surface area contributed by atoms with Crippen LogP contribution in [-0.4, -0.2) is 72.4 Å². The second-order valence-electron chi connectivity index (χ2n) is 4.98. The minimum atomic E-state index is -1.22. The monoisotopic (exact) mass is 288 g/mol. The summed E-state index contributed by atoms with van der Waals surface area (Å²) in [6, 6.07) is -1.14. The van der Waals surface area contributed by atoms with Crippen molar-refractivity contribution in [2.75, 3.05) is 26.4 Å². The molecule has 8 nitrogen and oxygen atoms in total. The Hall–Kier alpha value is -1.16. The van der Waals surface area contributed by atoms with Gasteiger partial charge in [-0.3, -0.25) is 0 Å². The van der Waals surface area contributed by atoms with Crippen LogP contribution in [0.3, 0.4) is 0 Å². The third-order valence-corrected chi connectivity index (χ3v) is 3.84. The molecule has 0 aliphatic carbocycles. The molecule has 112 valence electrons. The Bertz CT molecular complexity index is 387. The van der Waals surface area contributed by atoms with E-state index in [1.54, 1.807) is 0 Å². The summed E-state index contributed by atoms with van der Waals surface area (Å²) in [5.41, 5.74) is 0. The third-order valence-electron chi connectivity index (χ3n) is 3.84. The van der Waals surface area contributed by atoms with E-state index in [-0.39, 0.29) is 13.2 Å². The van der Waals surface area contributed by atoms with E-state index >= 15 is 0 Å². The number of ether oxygens (including phenoxy) is 1. The first-order valence-corrected chi connectivity index (χ1v) is 6.72. The summed E-state index contributed by atoms with van der Waals surface area (Å²) in [5.74, 6) is -1.18. The Kier molecular flexibility index (Phi) is 4.64. The van der Waals surface area contributed by atoms with E-state index in [1.807, 2.05) is 6.92 Å². The van der Waals surface area contributed by atoms with Crippen molar-refractivity contribution >= 4 is 19.2 Å². The molecule has 2 aliphatic rings. The van der Waals surface area contributed by atoms with Crippen LogP contribution in [0.5, 0.6) is 0 Å². The van der Waals surface area contributed by atoms with Crippen LogP contribution in [0.15, 0.2) is 0 Å². The lowest BCUT2D eigenvalue weighted by Gasteiger charge is -2.35. The molecule has 2 rings (SSSR count). The van der Waals surface area contributed by atoms with Crippen LogP contribution in [0.2, 0.25) is 0 Å². The van der Waals surface area contributed by atoms with E-state index < -0.39 is 35.8 Å². The Labute approximate surface area is 116 Å². The lowest BCUT2D eigenvalue weighted by molar-refractivity contribution is -0.885. The van der Waals surface area contributed by atoms with Crippen LogP contribution in [0.25, 0.3) is 0 Å². The first kappa shape index (κ1) is 15.2. The minimum Gasteiger partial charge on any atom is -0.477 e. The van der Waals surface area contributed by atoms with Gasteiger partial charge < -0.3 is 24.3 Å². The highest BCUT2D eigenvalue weighted by molar-refractivity contribution is 6.46. The Morgan fingerprint density at radius 2 is 1.95 bits per heavy atom. The van der Waals surface area contributed by atoms with Gasteiger partial charge in [-0.1, -0.05) is 13.3 Å². The fraction of sp³-hybridized carbons (Fsp3) is 0.818. The van der Waals surface area contributed by atoms with Crippen molar-refractivity contribution in [2.24, 2.45) is 0 Å². The number of amides is 1. The first-order chi connectivity index (χ1) is 9.54. The van der Waals surface area contributed by atoms with Crippen molar-refractivity contribution < 1.29 is 38.3 Å². The molecule has 0 spiro atoms. The van der Waals surface area contributed by atoms with Gasteiger partial charge in [-0.15, -0.1) is 0 Å². The van der Waals surface area contributed by atoms with Gasteiger partial charge in [0.1, 0.15) is 6.61 Å². The average molecular weight is 288 g/mol. The first-order valence-electron chi connectivity index (χ1n) is 6.72. The molecule has 2 aliphatic heterocycles. The largest absolute Gasteiger partial charge is 0.558 e. The third kappa shape index (κ3) is 2.42. The number of carboxylic acid groups (broad SMARTS) is 2. The standard InChI is InChI=1S/C11H18BNO7/c1-2-3-4-13(11(16)17)8(9(14)15)7-18-10(13)12-19-5-6-20-12/h8,10H,2-7H2,1H3,(H-,14,15,16,17)/p+1. The van der Waals surface area contributed by atoms with E-state index in [0.29, 0.717) is 19.6 Å². The molecule has 0 aromatic heterocycles. The van der Waals surface area contributed by atoms with Crippen molar-refractivity contribution in [3.8, 4) is 0 Å². The maximum atomic E-state index is 11.8. The molecule has 0 aromatic carbocycles. The Morgan fingerprint density at radius 3 is 2.45 bits per heavy atom. The minimum absolute atomic E-state index is 0.154. The molecule has 2 saturated heterocycles. The van der Waals surface area contributed by atoms with Crippen LogP contribution >= 0.6 is 0 Å². The normalized spacial score (nSPS) is 33.5. The van der Waals surface area contributed by atoms with E-state index in [2.05, 4.69) is 0 Å². The number of quaternary nitrogens is 1. The molecule has 3 unspecified atom stereocenters. The smallest absolute Gasteiger partial charge is 0.477 e. The lowest BCUT2D eigenvalue weighted by Crippen LogP contribution is -2.67. The second kappa shape index (κ2) is 6.09. The lowest BCUT2D eigenvalue weighted by atomic mass is 9.84. The molecule has 2 N–H and O–H groups in total. The molecular weight excluding hydrogens is 269 g/mol. The molecule has 2 heterocycles. The summed E-state index contributed by atoms with van der Waals surface area (Å²) in [4.78, 5) is 23.2. The van der Waals surface area contributed by atoms with Crippen molar-refractivity contribution in [1.29, 1.82) is 0 Å². The van der Waals surface area contributed by atoms with Crippen LogP contribution in [0, 0.1) is 0 Å². The van der Waals surface area contributed by atoms with Gasteiger partial charge in [-0.25, -0.2) is 4.79 Å². The van der Waals surface area contributed by atoms with Gasteiger partial charge in [0.2, 0.25) is 12.2 Å². The maximum Gasteiger partial charge on any atom is 0.558 e. The van der Waals surface area contributed by atoms with Crippen molar-refractivity contribution in [3.05, 3.63) is 0 Å². The quantitative estimate of drug-likeness (QED) is 0.549. The molecule has 9 heteroatoms. The van der Waals surface area contributed by atoms with E-state index in [1.165, 1.54) is 0 Å². The van der Waals surface area contributed by atoms with Crippen LogP contribution < -0.4 is 0 Å². The fourth-order valence-electron chi connectivity index (χ4n) is 2.78. The fourth-order valence-corrected chi connectivity index (χ4v) is 2.78.